The van der Waals surface area contributed by atoms with E-state index in [4.69, 9.17) is 13.3 Å². The molecule has 0 fully saturated rings. The molecule has 0 N–H and O–H groups in total. The fourth-order valence-corrected chi connectivity index (χ4v) is 4.10. The van der Waals surface area contributed by atoms with E-state index >= 15 is 0 Å². The third-order valence-electron chi connectivity index (χ3n) is 2.21. The predicted molar refractivity (Wildman–Crippen MR) is 71.2 cm³/mol. The van der Waals surface area contributed by atoms with Crippen LogP contribution in [-0.4, -0.2) is 26.7 Å². The van der Waals surface area contributed by atoms with Gasteiger partial charge in [-0.15, -0.1) is 0 Å². The summed E-state index contributed by atoms with van der Waals surface area (Å²) in [5, 5.41) is 0. The molecule has 0 amide bonds. The molecule has 0 saturated carbocycles. The van der Waals surface area contributed by atoms with Crippen molar-refractivity contribution in [1.29, 1.82) is 0 Å². The summed E-state index contributed by atoms with van der Waals surface area (Å²) in [7, 11) is -3.96. The summed E-state index contributed by atoms with van der Waals surface area (Å²) < 4.78 is 28.2. The predicted octanol–water partition coefficient (Wildman–Crippen LogP) is 1.54. The first kappa shape index (κ1) is 16.8. The normalized spacial score (nSPS) is 10.7. The molecule has 0 saturated heterocycles. The van der Waals surface area contributed by atoms with Crippen LogP contribution in [0.15, 0.2) is 24.3 Å². The average Bonchev–Trinajstić information content (AvgIpc) is 2.24. The molecule has 1 aromatic carbocycles. The van der Waals surface area contributed by atoms with Crippen molar-refractivity contribution >= 4 is 26.7 Å². The van der Waals surface area contributed by atoms with Crippen molar-refractivity contribution in [2.24, 2.45) is 0 Å². The largest absolute Gasteiger partial charge is 0.709 e. The van der Waals surface area contributed by atoms with Gasteiger partial charge < -0.3 is 13.3 Å². The van der Waals surface area contributed by atoms with Crippen molar-refractivity contribution in [3.8, 4) is 0 Å². The molecule has 1 aromatic rings. The minimum absolute atomic E-state index is 0.191. The number of benzene rings is 1. The van der Waals surface area contributed by atoms with Gasteiger partial charge in [0.05, 0.1) is 6.04 Å². The second kappa shape index (κ2) is 6.98. The van der Waals surface area contributed by atoms with Crippen LogP contribution < -0.4 is 0 Å². The van der Waals surface area contributed by atoms with Gasteiger partial charge in [0.25, 0.3) is 17.9 Å². The summed E-state index contributed by atoms with van der Waals surface area (Å²) in [5.74, 6) is -2.80. The fourth-order valence-electron chi connectivity index (χ4n) is 1.72. The topological polar surface area (TPSA) is 78.9 Å². The van der Waals surface area contributed by atoms with Crippen molar-refractivity contribution < 1.29 is 32.1 Å². The Morgan fingerprint density at radius 2 is 1.48 bits per heavy atom. The zero-order chi connectivity index (χ0) is 16.0. The third-order valence-corrected chi connectivity index (χ3v) is 4.84. The minimum Gasteiger partial charge on any atom is -0.455 e. The molecule has 0 bridgehead atoms. The van der Waals surface area contributed by atoms with Crippen LogP contribution in [0.2, 0.25) is 0 Å². The maximum absolute atomic E-state index is 13.2. The van der Waals surface area contributed by atoms with Crippen LogP contribution in [0.4, 0.5) is 4.39 Å². The number of carbonyl (C=O) groups is 3. The molecule has 0 unspecified atom stereocenters. The van der Waals surface area contributed by atoms with Crippen LogP contribution in [0.1, 0.15) is 26.3 Å². The van der Waals surface area contributed by atoms with E-state index in [0.29, 0.717) is 5.56 Å². The molecule has 0 aliphatic carbocycles. The highest BCUT2D eigenvalue weighted by atomic mass is 28.4. The highest BCUT2D eigenvalue weighted by Gasteiger charge is 2.52. The van der Waals surface area contributed by atoms with E-state index < -0.39 is 32.5 Å². The van der Waals surface area contributed by atoms with Gasteiger partial charge in [-0.05, 0) is 17.7 Å². The molecular weight excluding hydrogens is 299 g/mol. The molecule has 114 valence electrons. The van der Waals surface area contributed by atoms with E-state index in [9.17, 15) is 18.8 Å². The molecule has 21 heavy (non-hydrogen) atoms. The third kappa shape index (κ3) is 5.73. The van der Waals surface area contributed by atoms with Gasteiger partial charge >= 0.3 is 8.80 Å². The summed E-state index contributed by atoms with van der Waals surface area (Å²) in [5.41, 5.74) is 0.380. The Kier molecular flexibility index (Phi) is 5.59. The van der Waals surface area contributed by atoms with Gasteiger partial charge in [0.15, 0.2) is 0 Å². The van der Waals surface area contributed by atoms with Crippen LogP contribution >= 0.6 is 0 Å². The Morgan fingerprint density at radius 1 is 1.00 bits per heavy atom. The molecular formula is C13H15FO6Si. The Morgan fingerprint density at radius 3 is 1.86 bits per heavy atom. The van der Waals surface area contributed by atoms with Gasteiger partial charge in [-0.2, -0.15) is 0 Å². The summed E-state index contributed by atoms with van der Waals surface area (Å²) in [4.78, 5) is 33.7. The van der Waals surface area contributed by atoms with Crippen LogP contribution in [0.25, 0.3) is 0 Å². The molecule has 0 radical (unpaired) electrons. The number of halogens is 1. The van der Waals surface area contributed by atoms with Crippen LogP contribution in [0.3, 0.4) is 0 Å². The maximum atomic E-state index is 13.2. The number of hydrogen-bond acceptors (Lipinski definition) is 6. The van der Waals surface area contributed by atoms with Gasteiger partial charge in [0.1, 0.15) is 5.82 Å². The fraction of sp³-hybridized carbons (Fsp3) is 0.308. The first-order chi connectivity index (χ1) is 9.72. The smallest absolute Gasteiger partial charge is 0.455 e. The van der Waals surface area contributed by atoms with Gasteiger partial charge in [-0.1, -0.05) is 12.1 Å². The van der Waals surface area contributed by atoms with E-state index in [1.54, 1.807) is 6.07 Å². The molecule has 1 rings (SSSR count). The van der Waals surface area contributed by atoms with Gasteiger partial charge in [0, 0.05) is 20.8 Å². The average molecular weight is 314 g/mol. The highest BCUT2D eigenvalue weighted by Crippen LogP contribution is 2.19. The second-order valence-corrected chi connectivity index (χ2v) is 6.60. The van der Waals surface area contributed by atoms with E-state index in [2.05, 4.69) is 0 Å². The second-order valence-electron chi connectivity index (χ2n) is 4.27. The minimum atomic E-state index is -3.96. The number of carbonyl (C=O) groups excluding carboxylic acids is 3. The summed E-state index contributed by atoms with van der Waals surface area (Å²) in [6, 6.07) is 5.21. The van der Waals surface area contributed by atoms with Gasteiger partial charge in [-0.3, -0.25) is 14.4 Å². The lowest BCUT2D eigenvalue weighted by molar-refractivity contribution is -0.147. The van der Waals surface area contributed by atoms with Crippen molar-refractivity contribution in [3.05, 3.63) is 35.6 Å². The quantitative estimate of drug-likeness (QED) is 0.767. The lowest BCUT2D eigenvalue weighted by Crippen LogP contribution is -2.51. The summed E-state index contributed by atoms with van der Waals surface area (Å²) >= 11 is 0. The molecule has 0 spiro atoms. The first-order valence-electron chi connectivity index (χ1n) is 6.05. The lowest BCUT2D eigenvalue weighted by Gasteiger charge is -2.26. The SMILES string of the molecule is CC(=O)O[Si](Cc1cccc(F)c1)(OC(C)=O)OC(C)=O. The highest BCUT2D eigenvalue weighted by molar-refractivity contribution is 6.65. The van der Waals surface area contributed by atoms with E-state index in [-0.39, 0.29) is 6.04 Å². The Bertz CT molecular complexity index is 519. The standard InChI is InChI=1S/C13H15FO6Si/c1-9(15)18-21(19-10(2)16,20-11(3)17)8-12-5-4-6-13(14)7-12/h4-7H,8H2,1-3H3. The molecule has 0 aliphatic rings. The molecule has 0 heterocycles. The molecule has 8 heteroatoms. The summed E-state index contributed by atoms with van der Waals surface area (Å²) in [6.45, 7) is 3.29. The van der Waals surface area contributed by atoms with Crippen LogP contribution in [-0.2, 0) is 33.7 Å². The zero-order valence-corrected chi connectivity index (χ0v) is 12.8. The van der Waals surface area contributed by atoms with Crippen molar-refractivity contribution in [2.75, 3.05) is 0 Å². The zero-order valence-electron chi connectivity index (χ0n) is 11.8. The Labute approximate surface area is 122 Å². The van der Waals surface area contributed by atoms with E-state index in [1.807, 2.05) is 0 Å². The van der Waals surface area contributed by atoms with Gasteiger partial charge in [-0.25, -0.2) is 4.39 Å². The first-order valence-corrected chi connectivity index (χ1v) is 7.99. The van der Waals surface area contributed by atoms with Gasteiger partial charge in [0.2, 0.25) is 0 Å². The number of hydrogen-bond donors (Lipinski definition) is 0. The maximum Gasteiger partial charge on any atom is 0.709 e. The summed E-state index contributed by atoms with van der Waals surface area (Å²) in [6.07, 6.45) is 0. The van der Waals surface area contributed by atoms with Crippen molar-refractivity contribution in [1.82, 2.24) is 0 Å². The monoisotopic (exact) mass is 314 g/mol. The lowest BCUT2D eigenvalue weighted by atomic mass is 10.2. The Balaban J connectivity index is 3.15. The molecule has 0 aromatic heterocycles. The molecule has 6 nitrogen and oxygen atoms in total. The Hall–Kier alpha value is -2.22. The van der Waals surface area contributed by atoms with Crippen molar-refractivity contribution in [3.63, 3.8) is 0 Å². The van der Waals surface area contributed by atoms with E-state index in [0.717, 1.165) is 20.8 Å². The molecule has 0 atom stereocenters. The molecule has 0 aliphatic heterocycles. The van der Waals surface area contributed by atoms with Crippen LogP contribution in [0.5, 0.6) is 0 Å². The van der Waals surface area contributed by atoms with Crippen molar-refractivity contribution in [2.45, 2.75) is 26.8 Å². The number of rotatable bonds is 5. The van der Waals surface area contributed by atoms with Crippen LogP contribution in [0, 0.1) is 5.82 Å². The van der Waals surface area contributed by atoms with E-state index in [1.165, 1.54) is 18.2 Å².